The van der Waals surface area contributed by atoms with Gasteiger partial charge in [0, 0.05) is 47.6 Å². The summed E-state index contributed by atoms with van der Waals surface area (Å²) in [4.78, 5) is 166. The van der Waals surface area contributed by atoms with Crippen molar-refractivity contribution < 1.29 is 57.8 Å². The third-order valence-electron chi connectivity index (χ3n) is 16.3. The number of carbonyl (C=O) groups is 11. The molecule has 0 aromatic carbocycles. The largest absolute Gasteiger partial charge is 0.390 e. The fourth-order valence-electron chi connectivity index (χ4n) is 10.7. The van der Waals surface area contributed by atoms with E-state index in [0.29, 0.717) is 12.8 Å². The van der Waals surface area contributed by atoms with Crippen LogP contribution in [-0.2, 0) is 52.7 Å². The summed E-state index contributed by atoms with van der Waals surface area (Å²) >= 11 is 0. The molecular weight excluding hydrogens is 1090 g/mol. The second-order valence-electron chi connectivity index (χ2n) is 26.4. The molecule has 0 aromatic heterocycles. The van der Waals surface area contributed by atoms with Crippen molar-refractivity contribution in [2.45, 2.75) is 223 Å². The first-order chi connectivity index (χ1) is 39.3. The molecule has 1 heterocycles. The molecule has 1 unspecified atom stereocenters. The van der Waals surface area contributed by atoms with Gasteiger partial charge in [0.05, 0.1) is 31.3 Å². The van der Waals surface area contributed by atoms with Crippen LogP contribution in [0.2, 0.25) is 0 Å². The summed E-state index contributed by atoms with van der Waals surface area (Å²) in [5.41, 5.74) is 0. The highest BCUT2D eigenvalue weighted by Crippen LogP contribution is 2.27. The molecule has 1 rings (SSSR count). The fraction of sp³-hybridized carbons (Fsp3) is 0.794. The van der Waals surface area contributed by atoms with Crippen molar-refractivity contribution in [2.24, 2.45) is 47.3 Å². The van der Waals surface area contributed by atoms with Crippen LogP contribution in [0.5, 0.6) is 0 Å². The first kappa shape index (κ1) is 77.2. The molecule has 0 spiro atoms. The van der Waals surface area contributed by atoms with Gasteiger partial charge in [-0.2, -0.15) is 0 Å². The fourth-order valence-corrected chi connectivity index (χ4v) is 10.7. The van der Waals surface area contributed by atoms with E-state index in [1.165, 1.54) is 63.8 Å². The molecule has 0 aliphatic carbocycles. The minimum absolute atomic E-state index is 0.0410. The summed E-state index contributed by atoms with van der Waals surface area (Å²) in [7, 11) is 8.75. The van der Waals surface area contributed by atoms with Gasteiger partial charge in [-0.25, -0.2) is 0 Å². The molecule has 0 radical (unpaired) electrons. The van der Waals surface area contributed by atoms with Crippen LogP contribution in [0.3, 0.4) is 0 Å². The Morgan fingerprint density at radius 2 is 0.976 bits per heavy atom. The molecule has 22 nitrogen and oxygen atoms in total. The lowest BCUT2D eigenvalue weighted by molar-refractivity contribution is -0.151. The average Bonchev–Trinajstić information content (AvgIpc) is 3.30. The van der Waals surface area contributed by atoms with Crippen LogP contribution >= 0.6 is 0 Å². The summed E-state index contributed by atoms with van der Waals surface area (Å²) in [5, 5.41) is 23.0. The lowest BCUT2D eigenvalue weighted by Gasteiger charge is -2.38. The predicted octanol–water partition coefficient (Wildman–Crippen LogP) is 4.06. The van der Waals surface area contributed by atoms with E-state index in [9.17, 15) is 57.8 Å². The second kappa shape index (κ2) is 35.8. The van der Waals surface area contributed by atoms with Crippen LogP contribution in [0.25, 0.3) is 0 Å². The van der Waals surface area contributed by atoms with Crippen LogP contribution in [0.15, 0.2) is 12.2 Å². The molecule has 1 fully saturated rings. The van der Waals surface area contributed by atoms with Gasteiger partial charge in [0.15, 0.2) is 11.6 Å². The summed E-state index contributed by atoms with van der Waals surface area (Å²) < 4.78 is 0. The molecule has 85 heavy (non-hydrogen) atoms. The number of likely N-dealkylation sites (N-methyl/N-ethyl adjacent to an activating group) is 6. The number of amides is 9. The van der Waals surface area contributed by atoms with Crippen molar-refractivity contribution in [1.29, 1.82) is 0 Å². The van der Waals surface area contributed by atoms with Crippen molar-refractivity contribution >= 4 is 64.7 Å². The highest BCUT2D eigenvalue weighted by molar-refractivity contribution is 5.99. The number of allylic oxidation sites excluding steroid dienone is 2. The van der Waals surface area contributed by atoms with Gasteiger partial charge in [-0.3, -0.25) is 57.6 Å². The number of hydrogen-bond donors (Lipinski definition) is 5. The number of rotatable bonds is 15. The van der Waals surface area contributed by atoms with Crippen LogP contribution in [0.4, 0.5) is 0 Å². The topological polar surface area (TPSA) is 276 Å². The number of ketones is 2. The van der Waals surface area contributed by atoms with E-state index < -0.39 is 144 Å². The summed E-state index contributed by atoms with van der Waals surface area (Å²) in [6.45, 7) is 29.5. The summed E-state index contributed by atoms with van der Waals surface area (Å²) in [5.74, 6) is -9.58. The van der Waals surface area contributed by atoms with Crippen molar-refractivity contribution in [3.05, 3.63) is 12.2 Å². The minimum Gasteiger partial charge on any atom is -0.390 e. The van der Waals surface area contributed by atoms with E-state index in [4.69, 9.17) is 0 Å². The van der Waals surface area contributed by atoms with Gasteiger partial charge in [0.25, 0.3) is 0 Å². The monoisotopic (exact) mass is 1200 g/mol. The molecular formula is C63H112N10O12. The summed E-state index contributed by atoms with van der Waals surface area (Å²) in [6.07, 6.45) is 3.14. The van der Waals surface area contributed by atoms with E-state index in [1.54, 1.807) is 59.6 Å². The lowest BCUT2D eigenvalue weighted by atomic mass is 9.84. The van der Waals surface area contributed by atoms with Crippen LogP contribution in [0.1, 0.15) is 163 Å². The smallest absolute Gasteiger partial charge is 0.246 e. The third-order valence-corrected chi connectivity index (χ3v) is 16.3. The van der Waals surface area contributed by atoms with E-state index >= 15 is 0 Å². The van der Waals surface area contributed by atoms with E-state index in [0.717, 1.165) is 9.80 Å². The number of Topliss-reactive ketones (excluding diaryl/α,β-unsaturated/α-hetero) is 2. The average molecular weight is 1200 g/mol. The van der Waals surface area contributed by atoms with E-state index in [2.05, 4.69) is 21.3 Å². The summed E-state index contributed by atoms with van der Waals surface area (Å²) in [6, 6.07) is -10.4. The molecule has 5 N–H and O–H groups in total. The zero-order valence-electron chi connectivity index (χ0n) is 56.0. The quantitative estimate of drug-likeness (QED) is 0.145. The molecule has 1 aliphatic heterocycles. The van der Waals surface area contributed by atoms with E-state index in [1.807, 2.05) is 68.4 Å². The molecule has 0 saturated carbocycles. The van der Waals surface area contributed by atoms with Gasteiger partial charge in [-0.1, -0.05) is 109 Å². The van der Waals surface area contributed by atoms with Crippen LogP contribution < -0.4 is 21.3 Å². The predicted molar refractivity (Wildman–Crippen MR) is 330 cm³/mol. The first-order valence-corrected chi connectivity index (χ1v) is 30.8. The SMILES string of the molecule is CC=CC[C@@H](C)[C@@H](O)C1C(=O)N[C@@H](CC)C(=O)N(C)CC(=O)N(C)[C@@H](CC(C)C)C(=O)N[C@@H](C(C)C)C(=O)N(C)[C@@H](CC(C)C)C(=O)N[C@@H](C)C(=O)N[C@H](C)C(=O)N(C)[C@@H](CC(C)C)C(=O)CN(C)[C@@H](CC(C)C)C(=O)C[C@@H](C(C)C)C(=O)N1C. The van der Waals surface area contributed by atoms with Gasteiger partial charge < -0.3 is 50.9 Å². The standard InChI is InChI=1S/C63H112N10O12/c1-24-26-27-41(15)55(77)54-59(81)66-45(25-2)62(84)69(19)34-52(76)70(20)48(30-37(7)8)58(80)67-53(40(13)14)63(85)72(22)49(31-38(9)10)57(79)64-42(16)56(78)65-43(17)60(82)71(21)47(29-36(5)6)51(75)33-68(18)46(28-35(3)4)50(74)32-44(39(11)12)61(83)73(54)23/h24,26,35-49,53-55,77H,25,27-34H2,1-23H3,(H,64,79)(H,65,78)(H,66,81)(H,67,80)/t41-,42+,43-,44+,45+,46+,47+,48+,49+,53+,54?,55-/m1/s1. The highest BCUT2D eigenvalue weighted by atomic mass is 16.3. The zero-order chi connectivity index (χ0) is 65.8. The van der Waals surface area contributed by atoms with Crippen molar-refractivity contribution in [1.82, 2.24) is 50.7 Å². The first-order valence-electron chi connectivity index (χ1n) is 30.8. The molecule has 486 valence electrons. The van der Waals surface area contributed by atoms with E-state index in [-0.39, 0.29) is 73.9 Å². The maximum Gasteiger partial charge on any atom is 0.246 e. The highest BCUT2D eigenvalue weighted by Gasteiger charge is 2.43. The van der Waals surface area contributed by atoms with Gasteiger partial charge in [-0.05, 0) is 108 Å². The number of hydrogen-bond acceptors (Lipinski definition) is 13. The molecule has 12 atom stereocenters. The Kier molecular flexibility index (Phi) is 32.5. The molecule has 1 saturated heterocycles. The van der Waals surface area contributed by atoms with Crippen molar-refractivity contribution in [2.75, 3.05) is 55.4 Å². The third kappa shape index (κ3) is 23.1. The van der Waals surface area contributed by atoms with Crippen LogP contribution in [0, 0.1) is 47.3 Å². The Bertz CT molecular complexity index is 2310. The lowest BCUT2D eigenvalue weighted by Crippen LogP contribution is -2.61. The Labute approximate surface area is 509 Å². The number of nitrogens with one attached hydrogen (secondary N) is 4. The maximum absolute atomic E-state index is 14.9. The maximum atomic E-state index is 14.9. The molecule has 22 heteroatoms. The van der Waals surface area contributed by atoms with Crippen molar-refractivity contribution in [3.8, 4) is 0 Å². The number of aliphatic hydroxyl groups excluding tert-OH is 1. The number of nitrogens with zero attached hydrogens (tertiary/aromatic N) is 6. The van der Waals surface area contributed by atoms with Crippen LogP contribution in [-0.4, -0.2) is 215 Å². The molecule has 1 aliphatic rings. The van der Waals surface area contributed by atoms with Gasteiger partial charge in [0.1, 0.15) is 42.3 Å². The Morgan fingerprint density at radius 1 is 0.506 bits per heavy atom. The normalized spacial score (nSPS) is 27.2. The zero-order valence-corrected chi connectivity index (χ0v) is 56.0. The number of aliphatic hydroxyl groups is 1. The van der Waals surface area contributed by atoms with Gasteiger partial charge in [0.2, 0.25) is 53.2 Å². The Balaban J connectivity index is 4.21. The number of carbonyl (C=O) groups excluding carboxylic acids is 11. The molecule has 0 aromatic rings. The van der Waals surface area contributed by atoms with Gasteiger partial charge in [-0.15, -0.1) is 0 Å². The Morgan fingerprint density at radius 3 is 1.46 bits per heavy atom. The molecule has 0 bridgehead atoms. The van der Waals surface area contributed by atoms with Crippen molar-refractivity contribution in [3.63, 3.8) is 0 Å². The second-order valence-corrected chi connectivity index (χ2v) is 26.4. The Hall–Kier alpha value is -5.77. The molecule has 9 amide bonds. The van der Waals surface area contributed by atoms with Gasteiger partial charge >= 0.3 is 0 Å². The minimum atomic E-state index is -1.55.